The van der Waals surface area contributed by atoms with E-state index in [1.807, 2.05) is 19.0 Å². The Balaban J connectivity index is 2.07. The number of benzene rings is 2. The number of amides is 1. The fourth-order valence-electron chi connectivity index (χ4n) is 3.42. The largest absolute Gasteiger partial charge is 0.507 e. The number of halogens is 2. The van der Waals surface area contributed by atoms with Crippen LogP contribution in [-0.4, -0.2) is 53.8 Å². The van der Waals surface area contributed by atoms with Crippen molar-refractivity contribution in [3.05, 3.63) is 74.7 Å². The van der Waals surface area contributed by atoms with Gasteiger partial charge in [-0.1, -0.05) is 51.8 Å². The fraction of sp³-hybridized carbons (Fsp3) is 0.273. The molecule has 0 bridgehead atoms. The molecule has 2 aromatic carbocycles. The molecule has 7 heteroatoms. The lowest BCUT2D eigenvalue weighted by molar-refractivity contribution is -0.139. The highest BCUT2D eigenvalue weighted by atomic mass is 79.9. The van der Waals surface area contributed by atoms with Crippen LogP contribution in [0.1, 0.15) is 23.6 Å². The van der Waals surface area contributed by atoms with Crippen molar-refractivity contribution in [1.82, 2.24) is 9.80 Å². The lowest BCUT2D eigenvalue weighted by atomic mass is 9.95. The Hall–Kier alpha value is -2.15. The molecule has 2 aromatic rings. The van der Waals surface area contributed by atoms with E-state index < -0.39 is 17.7 Å². The monoisotopic (exact) mass is 476 g/mol. The Morgan fingerprint density at radius 1 is 1.10 bits per heavy atom. The molecule has 0 unspecified atom stereocenters. The molecule has 0 saturated carbocycles. The summed E-state index contributed by atoms with van der Waals surface area (Å²) in [5.41, 5.74) is 1.32. The molecule has 1 heterocycles. The van der Waals surface area contributed by atoms with E-state index in [4.69, 9.17) is 11.6 Å². The average Bonchev–Trinajstić information content (AvgIpc) is 2.93. The van der Waals surface area contributed by atoms with Gasteiger partial charge in [0.25, 0.3) is 11.7 Å². The number of hydrogen-bond donors (Lipinski definition) is 1. The summed E-state index contributed by atoms with van der Waals surface area (Å²) in [6, 6.07) is 13.3. The number of ketones is 1. The summed E-state index contributed by atoms with van der Waals surface area (Å²) in [4.78, 5) is 29.3. The van der Waals surface area contributed by atoms with Gasteiger partial charge in [-0.2, -0.15) is 0 Å². The van der Waals surface area contributed by atoms with Crippen LogP contribution < -0.4 is 0 Å². The third kappa shape index (κ3) is 4.71. The highest BCUT2D eigenvalue weighted by Crippen LogP contribution is 2.39. The second-order valence-electron chi connectivity index (χ2n) is 7.21. The Labute approximate surface area is 183 Å². The molecule has 1 aliphatic rings. The molecule has 1 fully saturated rings. The van der Waals surface area contributed by atoms with E-state index in [0.29, 0.717) is 23.6 Å². The van der Waals surface area contributed by atoms with Gasteiger partial charge in [0, 0.05) is 21.6 Å². The van der Waals surface area contributed by atoms with E-state index in [9.17, 15) is 14.7 Å². The minimum atomic E-state index is -0.671. The van der Waals surface area contributed by atoms with Crippen molar-refractivity contribution in [1.29, 1.82) is 0 Å². The molecule has 5 nitrogen and oxygen atoms in total. The first kappa shape index (κ1) is 21.6. The minimum absolute atomic E-state index is 0.101. The maximum atomic E-state index is 12.9. The zero-order valence-electron chi connectivity index (χ0n) is 16.2. The number of carbonyl (C=O) groups is 2. The fourth-order valence-corrected chi connectivity index (χ4v) is 3.81. The van der Waals surface area contributed by atoms with Crippen molar-refractivity contribution in [3.8, 4) is 0 Å². The van der Waals surface area contributed by atoms with Crippen LogP contribution in [0.15, 0.2) is 58.6 Å². The van der Waals surface area contributed by atoms with Crippen LogP contribution in [0.3, 0.4) is 0 Å². The average molecular weight is 478 g/mol. The van der Waals surface area contributed by atoms with Gasteiger partial charge in [0.05, 0.1) is 11.6 Å². The molecule has 1 N–H and O–H groups in total. The molecule has 0 spiro atoms. The molecule has 0 aromatic heterocycles. The predicted molar refractivity (Wildman–Crippen MR) is 118 cm³/mol. The number of likely N-dealkylation sites (tertiary alicyclic amines) is 1. The van der Waals surface area contributed by atoms with Crippen LogP contribution in [-0.2, 0) is 9.59 Å². The Bertz CT molecular complexity index is 940. The summed E-state index contributed by atoms with van der Waals surface area (Å²) in [5, 5.41) is 11.5. The van der Waals surface area contributed by atoms with Crippen molar-refractivity contribution >= 4 is 45.0 Å². The molecule has 1 amide bonds. The third-order valence-corrected chi connectivity index (χ3v) is 5.63. The Morgan fingerprint density at radius 3 is 2.31 bits per heavy atom. The number of aliphatic hydroxyl groups excluding tert-OH is 1. The van der Waals surface area contributed by atoms with E-state index in [-0.39, 0.29) is 11.3 Å². The topological polar surface area (TPSA) is 60.9 Å². The van der Waals surface area contributed by atoms with Gasteiger partial charge in [-0.3, -0.25) is 9.59 Å². The lowest BCUT2D eigenvalue weighted by Gasteiger charge is -2.26. The summed E-state index contributed by atoms with van der Waals surface area (Å²) in [7, 11) is 3.91. The van der Waals surface area contributed by atoms with Crippen molar-refractivity contribution in [3.63, 3.8) is 0 Å². The van der Waals surface area contributed by atoms with Crippen molar-refractivity contribution in [2.75, 3.05) is 27.2 Å². The van der Waals surface area contributed by atoms with Gasteiger partial charge < -0.3 is 14.9 Å². The van der Waals surface area contributed by atoms with E-state index in [0.717, 1.165) is 16.6 Å². The van der Waals surface area contributed by atoms with E-state index in [2.05, 4.69) is 15.9 Å². The molecule has 152 valence electrons. The minimum Gasteiger partial charge on any atom is -0.507 e. The van der Waals surface area contributed by atoms with Crippen molar-refractivity contribution in [2.45, 2.75) is 12.5 Å². The number of rotatable bonds is 6. The molecule has 0 aliphatic carbocycles. The third-order valence-electron chi connectivity index (χ3n) is 4.85. The number of hydrogen-bond acceptors (Lipinski definition) is 4. The van der Waals surface area contributed by atoms with Gasteiger partial charge in [-0.25, -0.2) is 0 Å². The van der Waals surface area contributed by atoms with Gasteiger partial charge in [0.2, 0.25) is 0 Å². The van der Waals surface area contributed by atoms with E-state index >= 15 is 0 Å². The molecule has 0 radical (unpaired) electrons. The number of nitrogens with zero attached hydrogens (tertiary/aromatic N) is 2. The molecule has 1 aliphatic heterocycles. The molecule has 1 saturated heterocycles. The summed E-state index contributed by atoms with van der Waals surface area (Å²) in [5.74, 6) is -1.44. The normalized spacial score (nSPS) is 18.7. The van der Waals surface area contributed by atoms with Crippen molar-refractivity contribution < 1.29 is 14.7 Å². The maximum Gasteiger partial charge on any atom is 0.295 e. The second-order valence-corrected chi connectivity index (χ2v) is 8.56. The molecule has 3 rings (SSSR count). The van der Waals surface area contributed by atoms with Crippen LogP contribution >= 0.6 is 27.5 Å². The molecular weight excluding hydrogens is 456 g/mol. The highest BCUT2D eigenvalue weighted by molar-refractivity contribution is 9.10. The van der Waals surface area contributed by atoms with Gasteiger partial charge in [0.15, 0.2) is 0 Å². The SMILES string of the molecule is CN(C)CCCN1C(=O)C(=O)C(=C(O)c2ccc(Br)cc2)[C@H]1c1ccc(Cl)cc1. The Kier molecular flexibility index (Phi) is 6.77. The first-order valence-electron chi connectivity index (χ1n) is 9.24. The van der Waals surface area contributed by atoms with Gasteiger partial charge >= 0.3 is 0 Å². The van der Waals surface area contributed by atoms with Crippen LogP contribution in [0.2, 0.25) is 5.02 Å². The first-order valence-corrected chi connectivity index (χ1v) is 10.4. The zero-order valence-corrected chi connectivity index (χ0v) is 18.6. The van der Waals surface area contributed by atoms with E-state index in [1.165, 1.54) is 0 Å². The summed E-state index contributed by atoms with van der Waals surface area (Å²) >= 11 is 9.38. The quantitative estimate of drug-likeness (QED) is 0.379. The molecular formula is C22H22BrClN2O3. The number of Topliss-reactive ketones (excluding diaryl/α,β-unsaturated/α-hetero) is 1. The smallest absolute Gasteiger partial charge is 0.295 e. The highest BCUT2D eigenvalue weighted by Gasteiger charge is 2.45. The van der Waals surface area contributed by atoms with Crippen LogP contribution in [0, 0.1) is 0 Å². The first-order chi connectivity index (χ1) is 13.8. The lowest BCUT2D eigenvalue weighted by Crippen LogP contribution is -2.32. The van der Waals surface area contributed by atoms with Crippen LogP contribution in [0.4, 0.5) is 0 Å². The van der Waals surface area contributed by atoms with Crippen LogP contribution in [0.25, 0.3) is 5.76 Å². The van der Waals surface area contributed by atoms with E-state index in [1.54, 1.807) is 53.4 Å². The summed E-state index contributed by atoms with van der Waals surface area (Å²) < 4.78 is 0.854. The Morgan fingerprint density at radius 2 is 1.72 bits per heavy atom. The number of carbonyl (C=O) groups excluding carboxylic acids is 2. The van der Waals surface area contributed by atoms with Crippen LogP contribution in [0.5, 0.6) is 0 Å². The maximum absolute atomic E-state index is 12.9. The van der Waals surface area contributed by atoms with Crippen molar-refractivity contribution in [2.24, 2.45) is 0 Å². The van der Waals surface area contributed by atoms with Gasteiger partial charge in [-0.05, 0) is 56.9 Å². The molecule has 1 atom stereocenters. The van der Waals surface area contributed by atoms with Gasteiger partial charge in [0.1, 0.15) is 5.76 Å². The second kappa shape index (κ2) is 9.11. The molecule has 29 heavy (non-hydrogen) atoms. The van der Waals surface area contributed by atoms with Gasteiger partial charge in [-0.15, -0.1) is 0 Å². The summed E-state index contributed by atoms with van der Waals surface area (Å²) in [6.07, 6.45) is 0.711. The number of aliphatic hydroxyl groups is 1. The zero-order chi connectivity index (χ0) is 21.1. The predicted octanol–water partition coefficient (Wildman–Crippen LogP) is 4.48. The summed E-state index contributed by atoms with van der Waals surface area (Å²) in [6.45, 7) is 1.19. The standard InChI is InChI=1S/C22H22BrClN2O3/c1-25(2)12-3-13-26-19(14-6-10-17(24)11-7-14)18(21(28)22(26)29)20(27)15-4-8-16(23)9-5-15/h4-11,19,27H,3,12-13H2,1-2H3/t19-/m1/s1.